The fourth-order valence-electron chi connectivity index (χ4n) is 1.82. The van der Waals surface area contributed by atoms with Crippen LogP contribution in [0.2, 0.25) is 0 Å². The fraction of sp³-hybridized carbons (Fsp3) is 0.800. The van der Waals surface area contributed by atoms with Gasteiger partial charge in [-0.25, -0.2) is 0 Å². The van der Waals surface area contributed by atoms with E-state index in [1.807, 2.05) is 0 Å². The molecule has 0 aromatic carbocycles. The predicted molar refractivity (Wildman–Crippen MR) is 53.0 cm³/mol. The van der Waals surface area contributed by atoms with E-state index in [1.165, 1.54) is 12.0 Å². The van der Waals surface area contributed by atoms with Crippen molar-refractivity contribution in [1.29, 1.82) is 0 Å². The van der Waals surface area contributed by atoms with Crippen LogP contribution in [0.4, 0.5) is 0 Å². The summed E-state index contributed by atoms with van der Waals surface area (Å²) in [5.41, 5.74) is 0. The third-order valence-corrected chi connectivity index (χ3v) is 2.60. The molecular weight excluding hydrogens is 198 g/mol. The molecule has 1 N–H and O–H groups in total. The monoisotopic (exact) mass is 215 g/mol. The highest BCUT2D eigenvalue weighted by atomic mass is 16.5. The molecule has 15 heavy (non-hydrogen) atoms. The minimum absolute atomic E-state index is 0.0561. The number of aliphatic hydroxyl groups is 1. The highest BCUT2D eigenvalue weighted by Crippen LogP contribution is 2.22. The van der Waals surface area contributed by atoms with E-state index in [4.69, 9.17) is 9.84 Å². The molecule has 0 bridgehead atoms. The summed E-state index contributed by atoms with van der Waals surface area (Å²) in [7, 11) is 1.51. The summed E-state index contributed by atoms with van der Waals surface area (Å²) in [5.74, 6) is -0.561. The molecule has 0 aliphatic carbocycles. The summed E-state index contributed by atoms with van der Waals surface area (Å²) in [6.45, 7) is 1.97. The first-order valence-corrected chi connectivity index (χ1v) is 5.07. The second kappa shape index (κ2) is 5.23. The second-order valence-electron chi connectivity index (χ2n) is 3.83. The Labute approximate surface area is 89.0 Å². The van der Waals surface area contributed by atoms with Crippen LogP contribution in [0.5, 0.6) is 0 Å². The van der Waals surface area contributed by atoms with Gasteiger partial charge in [0.2, 0.25) is 11.8 Å². The number of carbonyl (C=O) groups is 2. The Bertz CT molecular complexity index is 248. The number of rotatable bonds is 5. The maximum atomic E-state index is 11.7. The summed E-state index contributed by atoms with van der Waals surface area (Å²) >= 11 is 0. The predicted octanol–water partition coefficient (Wildman–Crippen LogP) is -0.221. The molecule has 1 heterocycles. The summed E-state index contributed by atoms with van der Waals surface area (Å²) in [6.07, 6.45) is 0.641. The summed E-state index contributed by atoms with van der Waals surface area (Å²) in [6, 6.07) is -0.329. The van der Waals surface area contributed by atoms with E-state index < -0.39 is 0 Å². The van der Waals surface area contributed by atoms with Crippen molar-refractivity contribution >= 4 is 11.8 Å². The number of methoxy groups -OCH3 is 1. The number of imide groups is 1. The molecule has 1 fully saturated rings. The van der Waals surface area contributed by atoms with Crippen LogP contribution < -0.4 is 0 Å². The van der Waals surface area contributed by atoms with Crippen molar-refractivity contribution in [2.24, 2.45) is 5.92 Å². The molecule has 2 amide bonds. The lowest BCUT2D eigenvalue weighted by Gasteiger charge is -2.25. The largest absolute Gasteiger partial charge is 0.396 e. The molecule has 1 rings (SSSR count). The first-order valence-electron chi connectivity index (χ1n) is 5.07. The number of hydrogen-bond acceptors (Lipinski definition) is 4. The number of carbonyl (C=O) groups excluding carboxylic acids is 2. The SMILES string of the molecule is COCC(CCO)N1C(=O)CC(C)C1=O. The van der Waals surface area contributed by atoms with Crippen LogP contribution in [-0.4, -0.2) is 48.2 Å². The van der Waals surface area contributed by atoms with Crippen molar-refractivity contribution in [3.8, 4) is 0 Å². The molecule has 0 saturated carbocycles. The van der Waals surface area contributed by atoms with Crippen LogP contribution >= 0.6 is 0 Å². The standard InChI is InChI=1S/C10H17NO4/c1-7-5-9(13)11(10(7)14)8(3-4-12)6-15-2/h7-8,12H,3-6H2,1-2H3. The molecule has 0 spiro atoms. The van der Waals surface area contributed by atoms with E-state index in [-0.39, 0.29) is 43.4 Å². The minimum atomic E-state index is -0.329. The third kappa shape index (κ3) is 2.54. The summed E-state index contributed by atoms with van der Waals surface area (Å²) in [4.78, 5) is 24.5. The molecule has 1 aliphatic rings. The minimum Gasteiger partial charge on any atom is -0.396 e. The van der Waals surface area contributed by atoms with Crippen molar-refractivity contribution in [2.75, 3.05) is 20.3 Å². The van der Waals surface area contributed by atoms with Crippen LogP contribution in [0, 0.1) is 5.92 Å². The molecule has 2 unspecified atom stereocenters. The van der Waals surface area contributed by atoms with E-state index in [2.05, 4.69) is 0 Å². The Morgan fingerprint density at radius 1 is 1.60 bits per heavy atom. The summed E-state index contributed by atoms with van der Waals surface area (Å²) < 4.78 is 4.94. The Balaban J connectivity index is 2.73. The van der Waals surface area contributed by atoms with Gasteiger partial charge in [-0.2, -0.15) is 0 Å². The lowest BCUT2D eigenvalue weighted by molar-refractivity contribution is -0.143. The number of aliphatic hydroxyl groups excluding tert-OH is 1. The first-order chi connectivity index (χ1) is 7.11. The number of amides is 2. The highest BCUT2D eigenvalue weighted by molar-refractivity contribution is 6.03. The van der Waals surface area contributed by atoms with Gasteiger partial charge in [0.1, 0.15) is 0 Å². The van der Waals surface area contributed by atoms with Gasteiger partial charge < -0.3 is 9.84 Å². The number of likely N-dealkylation sites (tertiary alicyclic amines) is 1. The Morgan fingerprint density at radius 2 is 2.27 bits per heavy atom. The van der Waals surface area contributed by atoms with Gasteiger partial charge in [0, 0.05) is 26.1 Å². The maximum absolute atomic E-state index is 11.7. The van der Waals surface area contributed by atoms with Gasteiger partial charge in [-0.15, -0.1) is 0 Å². The molecule has 2 atom stereocenters. The average Bonchev–Trinajstić information content (AvgIpc) is 2.41. The molecule has 1 saturated heterocycles. The zero-order valence-electron chi connectivity index (χ0n) is 9.10. The molecule has 5 nitrogen and oxygen atoms in total. The van der Waals surface area contributed by atoms with Crippen LogP contribution in [0.3, 0.4) is 0 Å². The topological polar surface area (TPSA) is 66.8 Å². The number of ether oxygens (including phenoxy) is 1. The lowest BCUT2D eigenvalue weighted by atomic mass is 10.1. The van der Waals surface area contributed by atoms with Crippen LogP contribution in [-0.2, 0) is 14.3 Å². The molecule has 0 radical (unpaired) electrons. The zero-order valence-corrected chi connectivity index (χ0v) is 9.10. The van der Waals surface area contributed by atoms with E-state index in [9.17, 15) is 9.59 Å². The van der Waals surface area contributed by atoms with E-state index in [0.29, 0.717) is 6.42 Å². The van der Waals surface area contributed by atoms with Crippen LogP contribution in [0.25, 0.3) is 0 Å². The normalized spacial score (nSPS) is 23.7. The van der Waals surface area contributed by atoms with Gasteiger partial charge in [0.05, 0.1) is 12.6 Å². The molecule has 5 heteroatoms. The quantitative estimate of drug-likeness (QED) is 0.644. The van der Waals surface area contributed by atoms with Gasteiger partial charge >= 0.3 is 0 Å². The van der Waals surface area contributed by atoms with E-state index in [0.717, 1.165) is 0 Å². The van der Waals surface area contributed by atoms with Crippen molar-refractivity contribution in [3.05, 3.63) is 0 Å². The van der Waals surface area contributed by atoms with Crippen molar-refractivity contribution in [3.63, 3.8) is 0 Å². The second-order valence-corrected chi connectivity index (χ2v) is 3.83. The van der Waals surface area contributed by atoms with Gasteiger partial charge in [-0.3, -0.25) is 14.5 Å². The van der Waals surface area contributed by atoms with E-state index >= 15 is 0 Å². The van der Waals surface area contributed by atoms with Gasteiger partial charge in [0.15, 0.2) is 0 Å². The van der Waals surface area contributed by atoms with Crippen molar-refractivity contribution < 1.29 is 19.4 Å². The van der Waals surface area contributed by atoms with Crippen molar-refractivity contribution in [1.82, 2.24) is 4.90 Å². The Hall–Kier alpha value is -0.940. The van der Waals surface area contributed by atoms with Crippen LogP contribution in [0.15, 0.2) is 0 Å². The molecular formula is C10H17NO4. The molecule has 86 valence electrons. The first kappa shape index (κ1) is 12.1. The lowest BCUT2D eigenvalue weighted by Crippen LogP contribution is -2.43. The zero-order chi connectivity index (χ0) is 11.4. The Morgan fingerprint density at radius 3 is 2.67 bits per heavy atom. The molecule has 1 aliphatic heterocycles. The van der Waals surface area contributed by atoms with E-state index in [1.54, 1.807) is 6.92 Å². The van der Waals surface area contributed by atoms with Gasteiger partial charge in [0.25, 0.3) is 0 Å². The maximum Gasteiger partial charge on any atom is 0.232 e. The summed E-state index contributed by atoms with van der Waals surface area (Å²) in [5, 5.41) is 8.86. The average molecular weight is 215 g/mol. The third-order valence-electron chi connectivity index (χ3n) is 2.60. The number of nitrogens with zero attached hydrogens (tertiary/aromatic N) is 1. The van der Waals surface area contributed by atoms with Crippen LogP contribution in [0.1, 0.15) is 19.8 Å². The molecule has 0 aromatic rings. The number of hydrogen-bond donors (Lipinski definition) is 1. The van der Waals surface area contributed by atoms with Gasteiger partial charge in [-0.05, 0) is 6.42 Å². The fourth-order valence-corrected chi connectivity index (χ4v) is 1.82. The smallest absolute Gasteiger partial charge is 0.232 e. The highest BCUT2D eigenvalue weighted by Gasteiger charge is 2.39. The Kier molecular flexibility index (Phi) is 4.23. The van der Waals surface area contributed by atoms with Gasteiger partial charge in [-0.1, -0.05) is 6.92 Å². The molecule has 0 aromatic heterocycles. The van der Waals surface area contributed by atoms with Crippen molar-refractivity contribution in [2.45, 2.75) is 25.8 Å².